The zero-order chi connectivity index (χ0) is 18.9. The summed E-state index contributed by atoms with van der Waals surface area (Å²) in [5.41, 5.74) is 2.47. The summed E-state index contributed by atoms with van der Waals surface area (Å²) in [5.74, 6) is 0.839. The van der Waals surface area contributed by atoms with E-state index in [0.717, 1.165) is 11.1 Å². The molecule has 2 N–H and O–H groups in total. The molecule has 0 heterocycles. The molecule has 2 aromatic rings. The van der Waals surface area contributed by atoms with E-state index >= 15 is 0 Å². The Labute approximate surface area is 153 Å². The molecule has 0 aliphatic heterocycles. The van der Waals surface area contributed by atoms with Crippen LogP contribution in [0.3, 0.4) is 0 Å². The Morgan fingerprint density at radius 1 is 0.962 bits per heavy atom. The van der Waals surface area contributed by atoms with Gasteiger partial charge in [0.05, 0.1) is 20.8 Å². The minimum absolute atomic E-state index is 0.0564. The standard InChI is InChI=1S/C20H24N2O4/c1-14-6-4-5-7-16(14)20(24)22-13-19(23)21-11-10-15-8-9-17(25-2)18(12-15)26-3/h4-9,12H,10-11,13H2,1-3H3,(H,21,23)(H,22,24). The molecule has 138 valence electrons. The fourth-order valence-corrected chi connectivity index (χ4v) is 2.53. The fourth-order valence-electron chi connectivity index (χ4n) is 2.53. The van der Waals surface area contributed by atoms with E-state index in [1.54, 1.807) is 26.4 Å². The Kier molecular flexibility index (Phi) is 7.02. The number of carbonyl (C=O) groups excluding carboxylic acids is 2. The van der Waals surface area contributed by atoms with Crippen LogP contribution in [0, 0.1) is 6.92 Å². The molecule has 0 aliphatic carbocycles. The lowest BCUT2D eigenvalue weighted by Gasteiger charge is -2.10. The highest BCUT2D eigenvalue weighted by Gasteiger charge is 2.10. The van der Waals surface area contributed by atoms with Crippen LogP contribution in [0.1, 0.15) is 21.5 Å². The highest BCUT2D eigenvalue weighted by molar-refractivity contribution is 5.97. The van der Waals surface area contributed by atoms with Gasteiger partial charge in [0.1, 0.15) is 0 Å². The molecule has 0 fully saturated rings. The normalized spacial score (nSPS) is 10.1. The van der Waals surface area contributed by atoms with Crippen molar-refractivity contribution in [2.75, 3.05) is 27.3 Å². The van der Waals surface area contributed by atoms with E-state index < -0.39 is 0 Å². The maximum Gasteiger partial charge on any atom is 0.251 e. The molecule has 6 heteroatoms. The van der Waals surface area contributed by atoms with Crippen molar-refractivity contribution in [2.24, 2.45) is 0 Å². The molecule has 0 radical (unpaired) electrons. The first-order valence-corrected chi connectivity index (χ1v) is 8.36. The van der Waals surface area contributed by atoms with Crippen molar-refractivity contribution in [1.29, 1.82) is 0 Å². The number of carbonyl (C=O) groups is 2. The van der Waals surface area contributed by atoms with E-state index in [4.69, 9.17) is 9.47 Å². The molecule has 0 bridgehead atoms. The maximum absolute atomic E-state index is 12.1. The molecular weight excluding hydrogens is 332 g/mol. The zero-order valence-electron chi connectivity index (χ0n) is 15.3. The smallest absolute Gasteiger partial charge is 0.251 e. The summed E-state index contributed by atoms with van der Waals surface area (Å²) in [6.07, 6.45) is 0.651. The van der Waals surface area contributed by atoms with Crippen molar-refractivity contribution in [3.63, 3.8) is 0 Å². The molecule has 2 amide bonds. The van der Waals surface area contributed by atoms with Gasteiger partial charge in [-0.15, -0.1) is 0 Å². The van der Waals surface area contributed by atoms with Crippen LogP contribution in [0.5, 0.6) is 11.5 Å². The van der Waals surface area contributed by atoms with Crippen LogP contribution >= 0.6 is 0 Å². The topological polar surface area (TPSA) is 76.7 Å². The predicted octanol–water partition coefficient (Wildman–Crippen LogP) is 2.10. The van der Waals surface area contributed by atoms with Gasteiger partial charge < -0.3 is 20.1 Å². The SMILES string of the molecule is COc1ccc(CCNC(=O)CNC(=O)c2ccccc2C)cc1OC. The van der Waals surface area contributed by atoms with E-state index in [2.05, 4.69) is 10.6 Å². The van der Waals surface area contributed by atoms with Crippen molar-refractivity contribution < 1.29 is 19.1 Å². The van der Waals surface area contributed by atoms with Gasteiger partial charge in [-0.3, -0.25) is 9.59 Å². The predicted molar refractivity (Wildman–Crippen MR) is 99.8 cm³/mol. The van der Waals surface area contributed by atoms with Gasteiger partial charge in [0.15, 0.2) is 11.5 Å². The second-order valence-corrected chi connectivity index (χ2v) is 5.79. The molecule has 0 saturated carbocycles. The number of rotatable bonds is 8. The van der Waals surface area contributed by atoms with Gasteiger partial charge in [0.25, 0.3) is 5.91 Å². The van der Waals surface area contributed by atoms with Crippen LogP contribution in [-0.4, -0.2) is 39.1 Å². The van der Waals surface area contributed by atoms with Gasteiger partial charge in [-0.25, -0.2) is 0 Å². The van der Waals surface area contributed by atoms with Crippen molar-refractivity contribution in [3.05, 3.63) is 59.2 Å². The highest BCUT2D eigenvalue weighted by atomic mass is 16.5. The molecular formula is C20H24N2O4. The lowest BCUT2D eigenvalue weighted by molar-refractivity contribution is -0.120. The van der Waals surface area contributed by atoms with Gasteiger partial charge in [-0.05, 0) is 42.7 Å². The number of methoxy groups -OCH3 is 2. The van der Waals surface area contributed by atoms with Crippen molar-refractivity contribution in [1.82, 2.24) is 10.6 Å². The first kappa shape index (κ1) is 19.3. The third-order valence-corrected chi connectivity index (χ3v) is 3.98. The maximum atomic E-state index is 12.1. The van der Waals surface area contributed by atoms with Gasteiger partial charge in [-0.2, -0.15) is 0 Å². The molecule has 0 aliphatic rings. The van der Waals surface area contributed by atoms with Crippen LogP contribution in [0.4, 0.5) is 0 Å². The van der Waals surface area contributed by atoms with E-state index in [9.17, 15) is 9.59 Å². The molecule has 0 unspecified atom stereocenters. The number of hydrogen-bond acceptors (Lipinski definition) is 4. The van der Waals surface area contributed by atoms with Crippen molar-refractivity contribution in [2.45, 2.75) is 13.3 Å². The summed E-state index contributed by atoms with van der Waals surface area (Å²) in [7, 11) is 3.17. The highest BCUT2D eigenvalue weighted by Crippen LogP contribution is 2.27. The Bertz CT molecular complexity index is 774. The van der Waals surface area contributed by atoms with Gasteiger partial charge >= 0.3 is 0 Å². The summed E-state index contributed by atoms with van der Waals surface area (Å²) in [4.78, 5) is 24.0. The Morgan fingerprint density at radius 3 is 2.38 bits per heavy atom. The van der Waals surface area contributed by atoms with Crippen LogP contribution in [0.25, 0.3) is 0 Å². The van der Waals surface area contributed by atoms with E-state index in [1.807, 2.05) is 37.3 Å². The van der Waals surface area contributed by atoms with E-state index in [0.29, 0.717) is 30.0 Å². The number of benzene rings is 2. The first-order valence-electron chi connectivity index (χ1n) is 8.36. The average molecular weight is 356 g/mol. The van der Waals surface area contributed by atoms with Gasteiger partial charge in [0, 0.05) is 12.1 Å². The molecule has 0 spiro atoms. The number of nitrogens with one attached hydrogen (secondary N) is 2. The summed E-state index contributed by atoms with van der Waals surface area (Å²) in [6, 6.07) is 12.9. The first-order chi connectivity index (χ1) is 12.5. The van der Waals surface area contributed by atoms with Gasteiger partial charge in [0.2, 0.25) is 5.91 Å². The number of hydrogen-bond donors (Lipinski definition) is 2. The Balaban J connectivity index is 1.77. The monoisotopic (exact) mass is 356 g/mol. The van der Waals surface area contributed by atoms with Crippen LogP contribution in [0.15, 0.2) is 42.5 Å². The summed E-state index contributed by atoms with van der Waals surface area (Å²) in [5, 5.41) is 5.43. The molecule has 0 atom stereocenters. The number of amides is 2. The largest absolute Gasteiger partial charge is 0.493 e. The van der Waals surface area contributed by atoms with Crippen molar-refractivity contribution in [3.8, 4) is 11.5 Å². The molecule has 0 saturated heterocycles. The lowest BCUT2D eigenvalue weighted by Crippen LogP contribution is -2.37. The molecule has 0 aromatic heterocycles. The third kappa shape index (κ3) is 5.24. The van der Waals surface area contributed by atoms with Crippen LogP contribution < -0.4 is 20.1 Å². The lowest BCUT2D eigenvalue weighted by atomic mass is 10.1. The fraction of sp³-hybridized carbons (Fsp3) is 0.300. The minimum Gasteiger partial charge on any atom is -0.493 e. The second-order valence-electron chi connectivity index (χ2n) is 5.79. The molecule has 2 aromatic carbocycles. The minimum atomic E-state index is -0.252. The number of aryl methyl sites for hydroxylation is 1. The molecule has 2 rings (SSSR count). The van der Waals surface area contributed by atoms with Crippen LogP contribution in [0.2, 0.25) is 0 Å². The Hall–Kier alpha value is -3.02. The summed E-state index contributed by atoms with van der Waals surface area (Å²) >= 11 is 0. The number of ether oxygens (including phenoxy) is 2. The third-order valence-electron chi connectivity index (χ3n) is 3.98. The summed E-state index contributed by atoms with van der Waals surface area (Å²) in [6.45, 7) is 2.27. The van der Waals surface area contributed by atoms with Crippen LogP contribution in [-0.2, 0) is 11.2 Å². The van der Waals surface area contributed by atoms with Gasteiger partial charge in [-0.1, -0.05) is 24.3 Å². The Morgan fingerprint density at radius 2 is 1.69 bits per heavy atom. The van der Waals surface area contributed by atoms with E-state index in [1.165, 1.54) is 0 Å². The quantitative estimate of drug-likeness (QED) is 0.759. The summed E-state index contributed by atoms with van der Waals surface area (Å²) < 4.78 is 10.5. The molecule has 6 nitrogen and oxygen atoms in total. The second kappa shape index (κ2) is 9.46. The zero-order valence-corrected chi connectivity index (χ0v) is 15.3. The average Bonchev–Trinajstić information content (AvgIpc) is 2.66. The molecule has 26 heavy (non-hydrogen) atoms. The van der Waals surface area contributed by atoms with E-state index in [-0.39, 0.29) is 18.4 Å². The van der Waals surface area contributed by atoms with Crippen molar-refractivity contribution >= 4 is 11.8 Å².